The fourth-order valence-electron chi connectivity index (χ4n) is 2.99. The van der Waals surface area contributed by atoms with Crippen LogP contribution in [0.1, 0.15) is 12.8 Å². The lowest BCUT2D eigenvalue weighted by atomic mass is 10.0. The smallest absolute Gasteiger partial charge is 0.235 e. The van der Waals surface area contributed by atoms with E-state index in [0.29, 0.717) is 5.75 Å². The second-order valence-corrected chi connectivity index (χ2v) is 6.10. The molecule has 1 N–H and O–H groups in total. The molecule has 130 valence electrons. The van der Waals surface area contributed by atoms with Gasteiger partial charge in [-0.25, -0.2) is 9.97 Å². The van der Waals surface area contributed by atoms with Crippen molar-refractivity contribution in [3.8, 4) is 18.1 Å². The van der Waals surface area contributed by atoms with E-state index < -0.39 is 0 Å². The summed E-state index contributed by atoms with van der Waals surface area (Å²) in [6.07, 6.45) is 8.51. The SMILES string of the molecule is C#CCOc1ccc2ncnc(N3CCC(NC(=O)CCl)CC3)c2c1. The third kappa shape index (κ3) is 4.12. The van der Waals surface area contributed by atoms with Crippen molar-refractivity contribution in [1.82, 2.24) is 15.3 Å². The van der Waals surface area contributed by atoms with Gasteiger partial charge in [-0.15, -0.1) is 18.0 Å². The van der Waals surface area contributed by atoms with Crippen molar-refractivity contribution < 1.29 is 9.53 Å². The van der Waals surface area contributed by atoms with Gasteiger partial charge in [-0.1, -0.05) is 5.92 Å². The summed E-state index contributed by atoms with van der Waals surface area (Å²) in [5.41, 5.74) is 0.857. The number of nitrogens with zero attached hydrogens (tertiary/aromatic N) is 3. The van der Waals surface area contributed by atoms with Gasteiger partial charge in [-0.2, -0.15) is 0 Å². The highest BCUT2D eigenvalue weighted by Gasteiger charge is 2.22. The highest BCUT2D eigenvalue weighted by atomic mass is 35.5. The molecule has 2 aromatic rings. The van der Waals surface area contributed by atoms with E-state index in [0.717, 1.165) is 42.7 Å². The Hall–Kier alpha value is -2.52. The minimum absolute atomic E-state index is 0.00278. The van der Waals surface area contributed by atoms with E-state index in [-0.39, 0.29) is 24.4 Å². The number of benzene rings is 1. The van der Waals surface area contributed by atoms with Crippen LogP contribution in [0.4, 0.5) is 5.82 Å². The number of carbonyl (C=O) groups excluding carboxylic acids is 1. The van der Waals surface area contributed by atoms with Gasteiger partial charge in [0.05, 0.1) is 5.52 Å². The molecular formula is C18H19ClN4O2. The maximum absolute atomic E-state index is 11.4. The van der Waals surface area contributed by atoms with Gasteiger partial charge in [0, 0.05) is 24.5 Å². The van der Waals surface area contributed by atoms with Gasteiger partial charge in [0.15, 0.2) is 0 Å². The molecule has 3 rings (SSSR count). The highest BCUT2D eigenvalue weighted by molar-refractivity contribution is 6.27. The Morgan fingerprint density at radius 3 is 2.92 bits per heavy atom. The molecule has 0 spiro atoms. The molecule has 1 aliphatic rings. The molecule has 1 aliphatic heterocycles. The maximum Gasteiger partial charge on any atom is 0.235 e. The van der Waals surface area contributed by atoms with Gasteiger partial charge in [0.25, 0.3) is 0 Å². The predicted molar refractivity (Wildman–Crippen MR) is 98.0 cm³/mol. The first kappa shape index (κ1) is 17.3. The number of alkyl halides is 1. The normalized spacial score (nSPS) is 15.0. The van der Waals surface area contributed by atoms with Crippen molar-refractivity contribution in [2.24, 2.45) is 0 Å². The summed E-state index contributed by atoms with van der Waals surface area (Å²) in [4.78, 5) is 22.4. The van der Waals surface area contributed by atoms with Crippen molar-refractivity contribution in [2.75, 3.05) is 30.5 Å². The van der Waals surface area contributed by atoms with E-state index in [1.807, 2.05) is 18.2 Å². The second kappa shape index (κ2) is 8.04. The monoisotopic (exact) mass is 358 g/mol. The Morgan fingerprint density at radius 2 is 2.20 bits per heavy atom. The van der Waals surface area contributed by atoms with Crippen molar-refractivity contribution >= 4 is 34.2 Å². The summed E-state index contributed by atoms with van der Waals surface area (Å²) in [6, 6.07) is 5.83. The van der Waals surface area contributed by atoms with Gasteiger partial charge in [-0.3, -0.25) is 4.79 Å². The Morgan fingerprint density at radius 1 is 1.40 bits per heavy atom. The minimum Gasteiger partial charge on any atom is -0.481 e. The van der Waals surface area contributed by atoms with Crippen LogP contribution in [-0.2, 0) is 4.79 Å². The molecule has 0 radical (unpaired) electrons. The molecule has 0 bridgehead atoms. The van der Waals surface area contributed by atoms with Crippen molar-refractivity contribution in [3.63, 3.8) is 0 Å². The number of anilines is 1. The zero-order valence-electron chi connectivity index (χ0n) is 13.7. The van der Waals surface area contributed by atoms with Crippen LogP contribution in [-0.4, -0.2) is 47.5 Å². The van der Waals surface area contributed by atoms with Crippen LogP contribution in [0.25, 0.3) is 10.9 Å². The summed E-state index contributed by atoms with van der Waals surface area (Å²) in [5, 5.41) is 3.87. The molecule has 6 nitrogen and oxygen atoms in total. The number of terminal acetylenes is 1. The van der Waals surface area contributed by atoms with Gasteiger partial charge >= 0.3 is 0 Å². The van der Waals surface area contributed by atoms with Gasteiger partial charge in [0.2, 0.25) is 5.91 Å². The number of amides is 1. The molecular weight excluding hydrogens is 340 g/mol. The van der Waals surface area contributed by atoms with Crippen LogP contribution in [0.2, 0.25) is 0 Å². The van der Waals surface area contributed by atoms with Crippen LogP contribution >= 0.6 is 11.6 Å². The summed E-state index contributed by atoms with van der Waals surface area (Å²) >= 11 is 5.55. The summed E-state index contributed by atoms with van der Waals surface area (Å²) in [5.74, 6) is 3.91. The van der Waals surface area contributed by atoms with E-state index in [9.17, 15) is 4.79 Å². The fraction of sp³-hybridized carbons (Fsp3) is 0.389. The summed E-state index contributed by atoms with van der Waals surface area (Å²) in [7, 11) is 0. The lowest BCUT2D eigenvalue weighted by molar-refractivity contribution is -0.119. The lowest BCUT2D eigenvalue weighted by Crippen LogP contribution is -2.45. The molecule has 1 aromatic carbocycles. The minimum atomic E-state index is -0.122. The molecule has 1 aromatic heterocycles. The number of hydrogen-bond donors (Lipinski definition) is 1. The quantitative estimate of drug-likeness (QED) is 0.653. The number of piperidine rings is 1. The topological polar surface area (TPSA) is 67.4 Å². The third-order valence-electron chi connectivity index (χ3n) is 4.19. The van der Waals surface area contributed by atoms with Crippen LogP contribution in [0.3, 0.4) is 0 Å². The molecule has 0 saturated carbocycles. The van der Waals surface area contributed by atoms with Crippen molar-refractivity contribution in [2.45, 2.75) is 18.9 Å². The van der Waals surface area contributed by atoms with Crippen LogP contribution < -0.4 is 15.0 Å². The first-order valence-electron chi connectivity index (χ1n) is 8.12. The van der Waals surface area contributed by atoms with Gasteiger partial charge in [-0.05, 0) is 31.0 Å². The molecule has 7 heteroatoms. The Labute approximate surface area is 151 Å². The number of fused-ring (bicyclic) bond motifs is 1. The number of aromatic nitrogens is 2. The zero-order valence-corrected chi connectivity index (χ0v) is 14.5. The molecule has 2 heterocycles. The van der Waals surface area contributed by atoms with Crippen molar-refractivity contribution in [3.05, 3.63) is 24.5 Å². The molecule has 0 atom stereocenters. The highest BCUT2D eigenvalue weighted by Crippen LogP contribution is 2.28. The van der Waals surface area contributed by atoms with Crippen molar-refractivity contribution in [1.29, 1.82) is 0 Å². The van der Waals surface area contributed by atoms with E-state index in [1.54, 1.807) is 6.33 Å². The average molecular weight is 359 g/mol. The molecule has 0 unspecified atom stereocenters. The number of nitrogens with one attached hydrogen (secondary N) is 1. The first-order chi connectivity index (χ1) is 12.2. The molecule has 1 amide bonds. The average Bonchev–Trinajstić information content (AvgIpc) is 2.66. The van der Waals surface area contributed by atoms with E-state index >= 15 is 0 Å². The Balaban J connectivity index is 1.77. The zero-order chi connectivity index (χ0) is 17.6. The molecule has 1 fully saturated rings. The van der Waals surface area contributed by atoms with Gasteiger partial charge < -0.3 is 15.0 Å². The Kier molecular flexibility index (Phi) is 5.56. The van der Waals surface area contributed by atoms with E-state index in [1.165, 1.54) is 0 Å². The lowest BCUT2D eigenvalue weighted by Gasteiger charge is -2.33. The Bertz CT molecular complexity index is 797. The molecule has 25 heavy (non-hydrogen) atoms. The van der Waals surface area contributed by atoms with Gasteiger partial charge in [0.1, 0.15) is 30.4 Å². The predicted octanol–water partition coefficient (Wildman–Crippen LogP) is 1.97. The fourth-order valence-corrected chi connectivity index (χ4v) is 3.07. The summed E-state index contributed by atoms with van der Waals surface area (Å²) < 4.78 is 5.51. The molecule has 0 aliphatic carbocycles. The largest absolute Gasteiger partial charge is 0.481 e. The van der Waals surface area contributed by atoms with Crippen LogP contribution in [0.15, 0.2) is 24.5 Å². The number of halogens is 1. The number of hydrogen-bond acceptors (Lipinski definition) is 5. The summed E-state index contributed by atoms with van der Waals surface area (Å²) in [6.45, 7) is 1.82. The third-order valence-corrected chi connectivity index (χ3v) is 4.43. The first-order valence-corrected chi connectivity index (χ1v) is 8.66. The molecule has 1 saturated heterocycles. The number of rotatable bonds is 5. The van der Waals surface area contributed by atoms with Crippen LogP contribution in [0, 0.1) is 12.3 Å². The standard InChI is InChI=1S/C18H19ClN4O2/c1-2-9-25-14-3-4-16-15(10-14)18(21-12-20-16)23-7-5-13(6-8-23)22-17(24)11-19/h1,3-4,10,12-13H,5-9,11H2,(H,22,24). The number of carbonyl (C=O) groups is 1. The van der Waals surface area contributed by atoms with E-state index in [2.05, 4.69) is 26.1 Å². The number of ether oxygens (including phenoxy) is 1. The second-order valence-electron chi connectivity index (χ2n) is 5.83. The van der Waals surface area contributed by atoms with E-state index in [4.69, 9.17) is 22.8 Å². The van der Waals surface area contributed by atoms with Crippen LogP contribution in [0.5, 0.6) is 5.75 Å². The maximum atomic E-state index is 11.4.